The Labute approximate surface area is 137 Å². The number of nitrogens with one attached hydrogen (secondary N) is 1. The normalized spacial score (nSPS) is 11.8. The molecule has 1 atom stereocenters. The van der Waals surface area contributed by atoms with E-state index in [0.717, 1.165) is 0 Å². The molecule has 7 nitrogen and oxygen atoms in total. The Morgan fingerprint density at radius 1 is 1.25 bits per heavy atom. The van der Waals surface area contributed by atoms with E-state index in [9.17, 15) is 9.18 Å². The molecular formula is C16H14FN5O2. The molecule has 0 fully saturated rings. The zero-order chi connectivity index (χ0) is 16.9. The fourth-order valence-electron chi connectivity index (χ4n) is 2.02. The van der Waals surface area contributed by atoms with Crippen molar-refractivity contribution >= 4 is 11.6 Å². The molecule has 1 aromatic heterocycles. The molecule has 0 aliphatic heterocycles. The zero-order valence-electron chi connectivity index (χ0n) is 12.8. The summed E-state index contributed by atoms with van der Waals surface area (Å²) in [4.78, 5) is 12.2. The highest BCUT2D eigenvalue weighted by Crippen LogP contribution is 2.19. The first kappa shape index (κ1) is 15.6. The van der Waals surface area contributed by atoms with Gasteiger partial charge in [-0.05, 0) is 47.7 Å². The van der Waals surface area contributed by atoms with Crippen molar-refractivity contribution < 1.29 is 13.9 Å². The molecule has 8 heteroatoms. The molecule has 0 bridgehead atoms. The largest absolute Gasteiger partial charge is 0.481 e. The van der Waals surface area contributed by atoms with Crippen molar-refractivity contribution in [3.8, 4) is 11.4 Å². The Bertz CT molecular complexity index is 824. The smallest absolute Gasteiger partial charge is 0.265 e. The van der Waals surface area contributed by atoms with Crippen LogP contribution in [0.1, 0.15) is 6.92 Å². The number of halogens is 1. The number of hydrogen-bond acceptors (Lipinski definition) is 5. The van der Waals surface area contributed by atoms with Gasteiger partial charge >= 0.3 is 0 Å². The van der Waals surface area contributed by atoms with Crippen LogP contribution >= 0.6 is 0 Å². The summed E-state index contributed by atoms with van der Waals surface area (Å²) < 4.78 is 20.8. The molecule has 2 aromatic carbocycles. The average molecular weight is 327 g/mol. The van der Waals surface area contributed by atoms with Crippen molar-refractivity contribution in [1.29, 1.82) is 0 Å². The first-order valence-corrected chi connectivity index (χ1v) is 7.19. The van der Waals surface area contributed by atoms with Crippen LogP contribution in [0, 0.1) is 5.82 Å². The second-order valence-corrected chi connectivity index (χ2v) is 4.98. The number of nitrogens with zero attached hydrogens (tertiary/aromatic N) is 4. The van der Waals surface area contributed by atoms with Crippen molar-refractivity contribution in [3.05, 3.63) is 60.7 Å². The molecule has 0 saturated carbocycles. The van der Waals surface area contributed by atoms with Crippen molar-refractivity contribution in [3.63, 3.8) is 0 Å². The maximum Gasteiger partial charge on any atom is 0.265 e. The lowest BCUT2D eigenvalue weighted by molar-refractivity contribution is -0.122. The van der Waals surface area contributed by atoms with Crippen LogP contribution in [0.15, 0.2) is 54.9 Å². The third kappa shape index (κ3) is 3.54. The van der Waals surface area contributed by atoms with Crippen LogP contribution in [-0.2, 0) is 4.79 Å². The van der Waals surface area contributed by atoms with E-state index in [-0.39, 0.29) is 5.69 Å². The number of hydrogen-bond donors (Lipinski definition) is 1. The lowest BCUT2D eigenvalue weighted by atomic mass is 10.2. The summed E-state index contributed by atoms with van der Waals surface area (Å²) in [6.45, 7) is 1.59. The minimum Gasteiger partial charge on any atom is -0.481 e. The number of benzene rings is 2. The highest BCUT2D eigenvalue weighted by molar-refractivity contribution is 5.94. The van der Waals surface area contributed by atoms with Gasteiger partial charge in [-0.3, -0.25) is 4.79 Å². The fraction of sp³-hybridized carbons (Fsp3) is 0.125. The first-order chi connectivity index (χ1) is 11.6. The topological polar surface area (TPSA) is 81.9 Å². The van der Waals surface area contributed by atoms with Crippen molar-refractivity contribution in [2.45, 2.75) is 13.0 Å². The number of rotatable bonds is 5. The number of carbonyl (C=O) groups is 1. The molecule has 1 N–H and O–H groups in total. The molecular weight excluding hydrogens is 313 g/mol. The Kier molecular flexibility index (Phi) is 4.46. The zero-order valence-corrected chi connectivity index (χ0v) is 12.8. The molecule has 1 amide bonds. The second-order valence-electron chi connectivity index (χ2n) is 4.98. The van der Waals surface area contributed by atoms with Crippen LogP contribution in [0.3, 0.4) is 0 Å². The van der Waals surface area contributed by atoms with Crippen LogP contribution in [0.4, 0.5) is 10.1 Å². The SMILES string of the molecule is C[C@@H](Oc1ccccc1)C(=O)Nc1cc(-n2cnnn2)ccc1F. The molecule has 0 unspecified atom stereocenters. The van der Waals surface area contributed by atoms with E-state index in [1.54, 1.807) is 31.2 Å². The van der Waals surface area contributed by atoms with E-state index < -0.39 is 17.8 Å². The quantitative estimate of drug-likeness (QED) is 0.777. The maximum absolute atomic E-state index is 13.9. The third-order valence-corrected chi connectivity index (χ3v) is 3.25. The van der Waals surface area contributed by atoms with Gasteiger partial charge in [0.25, 0.3) is 5.91 Å². The number of carbonyl (C=O) groups excluding carboxylic acids is 1. The molecule has 0 aliphatic carbocycles. The van der Waals surface area contributed by atoms with E-state index in [4.69, 9.17) is 4.74 Å². The summed E-state index contributed by atoms with van der Waals surface area (Å²) in [7, 11) is 0. The number of amides is 1. The van der Waals surface area contributed by atoms with Crippen LogP contribution in [0.5, 0.6) is 5.75 Å². The fourth-order valence-corrected chi connectivity index (χ4v) is 2.02. The van der Waals surface area contributed by atoms with Crippen LogP contribution < -0.4 is 10.1 Å². The number of tetrazole rings is 1. The summed E-state index contributed by atoms with van der Waals surface area (Å²) >= 11 is 0. The summed E-state index contributed by atoms with van der Waals surface area (Å²) in [5, 5.41) is 13.3. The maximum atomic E-state index is 13.9. The highest BCUT2D eigenvalue weighted by atomic mass is 19.1. The van der Waals surface area contributed by atoms with Gasteiger partial charge in [-0.2, -0.15) is 0 Å². The van der Waals surface area contributed by atoms with E-state index in [2.05, 4.69) is 20.8 Å². The van der Waals surface area contributed by atoms with Crippen LogP contribution in [-0.4, -0.2) is 32.2 Å². The van der Waals surface area contributed by atoms with Gasteiger partial charge in [-0.1, -0.05) is 18.2 Å². The van der Waals surface area contributed by atoms with Gasteiger partial charge in [0, 0.05) is 0 Å². The lowest BCUT2D eigenvalue weighted by Crippen LogP contribution is -2.30. The van der Waals surface area contributed by atoms with Gasteiger partial charge in [0.1, 0.15) is 17.9 Å². The molecule has 3 aromatic rings. The third-order valence-electron chi connectivity index (χ3n) is 3.25. The first-order valence-electron chi connectivity index (χ1n) is 7.19. The van der Waals surface area contributed by atoms with Crippen LogP contribution in [0.25, 0.3) is 5.69 Å². The van der Waals surface area contributed by atoms with Gasteiger partial charge in [0.05, 0.1) is 11.4 Å². The van der Waals surface area contributed by atoms with Crippen LogP contribution in [0.2, 0.25) is 0 Å². The minimum atomic E-state index is -0.788. The predicted molar refractivity (Wildman–Crippen MR) is 84.3 cm³/mol. The van der Waals surface area contributed by atoms with Crippen molar-refractivity contribution in [2.75, 3.05) is 5.32 Å². The molecule has 0 spiro atoms. The summed E-state index contributed by atoms with van der Waals surface area (Å²) in [5.41, 5.74) is 0.546. The Balaban J connectivity index is 1.73. The number of anilines is 1. The van der Waals surface area contributed by atoms with Gasteiger partial charge in [-0.15, -0.1) is 5.10 Å². The number of para-hydroxylation sites is 1. The van der Waals surface area contributed by atoms with Gasteiger partial charge in [-0.25, -0.2) is 9.07 Å². The number of aromatic nitrogens is 4. The Hall–Kier alpha value is -3.29. The molecule has 0 radical (unpaired) electrons. The van der Waals surface area contributed by atoms with E-state index in [1.807, 2.05) is 6.07 Å². The monoisotopic (exact) mass is 327 g/mol. The molecule has 24 heavy (non-hydrogen) atoms. The average Bonchev–Trinajstić information content (AvgIpc) is 3.12. The molecule has 122 valence electrons. The summed E-state index contributed by atoms with van der Waals surface area (Å²) in [5.74, 6) is -0.471. The molecule has 1 heterocycles. The van der Waals surface area contributed by atoms with Crippen molar-refractivity contribution in [1.82, 2.24) is 20.2 Å². The second kappa shape index (κ2) is 6.86. The molecule has 3 rings (SSSR count). The highest BCUT2D eigenvalue weighted by Gasteiger charge is 2.17. The van der Waals surface area contributed by atoms with E-state index in [0.29, 0.717) is 11.4 Å². The standard InChI is InChI=1S/C16H14FN5O2/c1-11(24-13-5-3-2-4-6-13)16(23)19-15-9-12(7-8-14(15)17)22-10-18-20-21-22/h2-11H,1H3,(H,19,23)/t11-/m1/s1. The summed E-state index contributed by atoms with van der Waals surface area (Å²) in [6.07, 6.45) is 0.587. The Morgan fingerprint density at radius 2 is 2.04 bits per heavy atom. The molecule has 0 saturated heterocycles. The minimum absolute atomic E-state index is 0.0245. The van der Waals surface area contributed by atoms with Gasteiger partial charge in [0.2, 0.25) is 0 Å². The van der Waals surface area contributed by atoms with E-state index >= 15 is 0 Å². The Morgan fingerprint density at radius 3 is 2.75 bits per heavy atom. The lowest BCUT2D eigenvalue weighted by Gasteiger charge is -2.15. The number of ether oxygens (including phenoxy) is 1. The van der Waals surface area contributed by atoms with E-state index in [1.165, 1.54) is 29.2 Å². The summed E-state index contributed by atoms with van der Waals surface area (Å²) in [6, 6.07) is 13.1. The van der Waals surface area contributed by atoms with Gasteiger partial charge < -0.3 is 10.1 Å². The van der Waals surface area contributed by atoms with Gasteiger partial charge in [0.15, 0.2) is 6.10 Å². The van der Waals surface area contributed by atoms with Crippen molar-refractivity contribution in [2.24, 2.45) is 0 Å². The predicted octanol–water partition coefficient (Wildman–Crippen LogP) is 2.21. The molecule has 0 aliphatic rings.